The molecular weight excluding hydrogens is 178 g/mol. The summed E-state index contributed by atoms with van der Waals surface area (Å²) in [5, 5.41) is -0.991. The standard InChI is InChI=1S/C6HClF2O2/c7-4-5(9)3(10)1-2(8)6(4)11/h1H. The Balaban J connectivity index is 3.19. The summed E-state index contributed by atoms with van der Waals surface area (Å²) in [7, 11) is 0. The van der Waals surface area contributed by atoms with Crippen molar-refractivity contribution in [2.75, 3.05) is 0 Å². The van der Waals surface area contributed by atoms with Crippen molar-refractivity contribution >= 4 is 23.2 Å². The molecule has 0 N–H and O–H groups in total. The molecule has 0 amide bonds. The van der Waals surface area contributed by atoms with Crippen molar-refractivity contribution in [2.45, 2.75) is 0 Å². The summed E-state index contributed by atoms with van der Waals surface area (Å²) < 4.78 is 24.6. The highest BCUT2D eigenvalue weighted by molar-refractivity contribution is 6.48. The Labute approximate surface area is 65.1 Å². The Hall–Kier alpha value is -1.03. The summed E-state index contributed by atoms with van der Waals surface area (Å²) >= 11 is 4.96. The minimum absolute atomic E-state index is 0.267. The third-order valence-electron chi connectivity index (χ3n) is 1.08. The maximum atomic E-state index is 12.4. The molecule has 0 heterocycles. The second-order valence-electron chi connectivity index (χ2n) is 1.81. The zero-order valence-corrected chi connectivity index (χ0v) is 5.78. The highest BCUT2D eigenvalue weighted by Crippen LogP contribution is 2.23. The Morgan fingerprint density at radius 2 is 1.82 bits per heavy atom. The Morgan fingerprint density at radius 3 is 2.36 bits per heavy atom. The largest absolute Gasteiger partial charge is 0.286 e. The SMILES string of the molecule is O=C1C=C(F)C(=O)C(Cl)=C1F. The van der Waals surface area contributed by atoms with Gasteiger partial charge >= 0.3 is 0 Å². The number of rotatable bonds is 0. The summed E-state index contributed by atoms with van der Waals surface area (Å²) in [5.74, 6) is -5.24. The van der Waals surface area contributed by atoms with Crippen LogP contribution in [0.4, 0.5) is 8.78 Å². The first kappa shape index (κ1) is 8.07. The van der Waals surface area contributed by atoms with Crippen molar-refractivity contribution in [3.63, 3.8) is 0 Å². The Morgan fingerprint density at radius 1 is 1.27 bits per heavy atom. The molecule has 0 bridgehead atoms. The van der Waals surface area contributed by atoms with Gasteiger partial charge in [-0.25, -0.2) is 8.78 Å². The van der Waals surface area contributed by atoms with Gasteiger partial charge in [0.2, 0.25) is 11.6 Å². The van der Waals surface area contributed by atoms with Crippen molar-refractivity contribution in [2.24, 2.45) is 0 Å². The minimum atomic E-state index is -1.40. The van der Waals surface area contributed by atoms with Crippen LogP contribution < -0.4 is 0 Å². The molecule has 0 aromatic carbocycles. The summed E-state index contributed by atoms with van der Waals surface area (Å²) in [6, 6.07) is 0. The number of hydrogen-bond acceptors (Lipinski definition) is 2. The van der Waals surface area contributed by atoms with Gasteiger partial charge in [0, 0.05) is 6.08 Å². The average Bonchev–Trinajstić information content (AvgIpc) is 1.97. The lowest BCUT2D eigenvalue weighted by atomic mass is 10.1. The van der Waals surface area contributed by atoms with Crippen LogP contribution >= 0.6 is 11.6 Å². The van der Waals surface area contributed by atoms with Crippen LogP contribution in [0, 0.1) is 0 Å². The van der Waals surface area contributed by atoms with Gasteiger partial charge in [0.15, 0.2) is 11.7 Å². The summed E-state index contributed by atoms with van der Waals surface area (Å²) in [4.78, 5) is 20.8. The normalized spacial score (nSPS) is 19.0. The van der Waals surface area contributed by atoms with Crippen molar-refractivity contribution in [1.82, 2.24) is 0 Å². The predicted molar refractivity (Wildman–Crippen MR) is 33.2 cm³/mol. The quantitative estimate of drug-likeness (QED) is 0.526. The first-order chi connectivity index (χ1) is 5.04. The van der Waals surface area contributed by atoms with Crippen molar-refractivity contribution in [3.05, 3.63) is 22.8 Å². The second kappa shape index (κ2) is 2.54. The van der Waals surface area contributed by atoms with Crippen LogP contribution in [0.3, 0.4) is 0 Å². The number of carbonyl (C=O) groups excluding carboxylic acids is 2. The van der Waals surface area contributed by atoms with Crippen LogP contribution in [0.5, 0.6) is 0 Å². The van der Waals surface area contributed by atoms with E-state index < -0.39 is 28.3 Å². The molecule has 0 saturated carbocycles. The summed E-state index contributed by atoms with van der Waals surface area (Å²) in [6.07, 6.45) is 0.267. The van der Waals surface area contributed by atoms with Gasteiger partial charge in [-0.3, -0.25) is 9.59 Å². The molecule has 0 spiro atoms. The average molecular weight is 179 g/mol. The van der Waals surface area contributed by atoms with E-state index in [2.05, 4.69) is 0 Å². The number of halogens is 3. The predicted octanol–water partition coefficient (Wildman–Crippen LogP) is 1.41. The molecule has 11 heavy (non-hydrogen) atoms. The highest BCUT2D eigenvalue weighted by atomic mass is 35.5. The van der Waals surface area contributed by atoms with Gasteiger partial charge in [-0.05, 0) is 0 Å². The van der Waals surface area contributed by atoms with E-state index in [1.807, 2.05) is 0 Å². The molecule has 1 aliphatic rings. The van der Waals surface area contributed by atoms with E-state index in [0.29, 0.717) is 0 Å². The van der Waals surface area contributed by atoms with Crippen molar-refractivity contribution < 1.29 is 18.4 Å². The molecule has 5 heteroatoms. The van der Waals surface area contributed by atoms with E-state index in [4.69, 9.17) is 11.6 Å². The number of ketones is 2. The zero-order valence-electron chi connectivity index (χ0n) is 5.03. The maximum Gasteiger partial charge on any atom is 0.235 e. The maximum absolute atomic E-state index is 12.4. The van der Waals surface area contributed by atoms with E-state index in [9.17, 15) is 18.4 Å². The van der Waals surface area contributed by atoms with E-state index in [-0.39, 0.29) is 6.08 Å². The topological polar surface area (TPSA) is 34.1 Å². The molecule has 0 atom stereocenters. The lowest BCUT2D eigenvalue weighted by Gasteiger charge is -2.02. The molecule has 0 unspecified atom stereocenters. The van der Waals surface area contributed by atoms with Gasteiger partial charge in [0.05, 0.1) is 0 Å². The van der Waals surface area contributed by atoms with Crippen LogP contribution in [-0.2, 0) is 9.59 Å². The van der Waals surface area contributed by atoms with Crippen LogP contribution in [0.1, 0.15) is 0 Å². The van der Waals surface area contributed by atoms with Crippen LogP contribution in [0.2, 0.25) is 0 Å². The summed E-state index contributed by atoms with van der Waals surface area (Å²) in [6.45, 7) is 0. The van der Waals surface area contributed by atoms with Gasteiger partial charge in [-0.15, -0.1) is 0 Å². The highest BCUT2D eigenvalue weighted by Gasteiger charge is 2.27. The first-order valence-corrected chi connectivity index (χ1v) is 2.93. The second-order valence-corrected chi connectivity index (χ2v) is 2.19. The molecular formula is C6HClF2O2. The number of carbonyl (C=O) groups is 2. The molecule has 0 radical (unpaired) electrons. The molecule has 0 aliphatic heterocycles. The van der Waals surface area contributed by atoms with E-state index in [0.717, 1.165) is 0 Å². The van der Waals surface area contributed by atoms with E-state index >= 15 is 0 Å². The lowest BCUT2D eigenvalue weighted by molar-refractivity contribution is -0.117. The smallest absolute Gasteiger partial charge is 0.235 e. The fourth-order valence-electron chi connectivity index (χ4n) is 0.557. The molecule has 0 aromatic rings. The molecule has 2 nitrogen and oxygen atoms in total. The van der Waals surface area contributed by atoms with E-state index in [1.165, 1.54) is 0 Å². The lowest BCUT2D eigenvalue weighted by Crippen LogP contribution is -2.11. The molecule has 0 saturated heterocycles. The van der Waals surface area contributed by atoms with Gasteiger partial charge < -0.3 is 0 Å². The van der Waals surface area contributed by atoms with E-state index in [1.54, 1.807) is 0 Å². The number of allylic oxidation sites excluding steroid dienone is 4. The van der Waals surface area contributed by atoms with Gasteiger partial charge in [-0.1, -0.05) is 11.6 Å². The third kappa shape index (κ3) is 1.21. The Kier molecular flexibility index (Phi) is 1.87. The molecule has 1 aliphatic carbocycles. The molecule has 1 rings (SSSR count). The molecule has 0 fully saturated rings. The molecule has 58 valence electrons. The third-order valence-corrected chi connectivity index (χ3v) is 1.42. The van der Waals surface area contributed by atoms with Crippen molar-refractivity contribution in [1.29, 1.82) is 0 Å². The zero-order chi connectivity index (χ0) is 8.59. The van der Waals surface area contributed by atoms with Crippen molar-refractivity contribution in [3.8, 4) is 0 Å². The van der Waals surface area contributed by atoms with Gasteiger partial charge in [0.1, 0.15) is 5.03 Å². The van der Waals surface area contributed by atoms with Crippen LogP contribution in [0.15, 0.2) is 22.8 Å². The first-order valence-electron chi connectivity index (χ1n) is 2.55. The number of Topliss-reactive ketones (excluding diaryl/α,β-unsaturated/α-hetero) is 1. The fourth-order valence-corrected chi connectivity index (χ4v) is 0.740. The monoisotopic (exact) mass is 178 g/mol. The number of hydrogen-bond donors (Lipinski definition) is 0. The van der Waals surface area contributed by atoms with Gasteiger partial charge in [0.25, 0.3) is 0 Å². The molecule has 0 aromatic heterocycles. The van der Waals surface area contributed by atoms with Gasteiger partial charge in [-0.2, -0.15) is 0 Å². The summed E-state index contributed by atoms with van der Waals surface area (Å²) in [5.41, 5.74) is 0. The van der Waals surface area contributed by atoms with Crippen LogP contribution in [-0.4, -0.2) is 11.6 Å². The van der Waals surface area contributed by atoms with Crippen LogP contribution in [0.25, 0.3) is 0 Å². The fraction of sp³-hybridized carbons (Fsp3) is 0. The Bertz CT molecular complexity index is 304. The minimum Gasteiger partial charge on any atom is -0.286 e.